The van der Waals surface area contributed by atoms with Crippen molar-refractivity contribution >= 4 is 15.9 Å². The highest BCUT2D eigenvalue weighted by Crippen LogP contribution is 2.22. The van der Waals surface area contributed by atoms with Crippen LogP contribution in [0.1, 0.15) is 28.2 Å². The van der Waals surface area contributed by atoms with Crippen molar-refractivity contribution < 1.29 is 4.11 Å². The highest BCUT2D eigenvalue weighted by Gasteiger charge is 2.01. The summed E-state index contributed by atoms with van der Waals surface area (Å²) in [4.78, 5) is 8.58. The van der Waals surface area contributed by atoms with Crippen molar-refractivity contribution in [1.82, 2.24) is 9.97 Å². The normalized spacial score (nSPS) is 11.8. The van der Waals surface area contributed by atoms with Crippen LogP contribution in [0.2, 0.25) is 0 Å². The lowest BCUT2D eigenvalue weighted by atomic mass is 10.1. The third kappa shape index (κ3) is 6.10. The number of nitrogens with zero attached hydrogens (tertiary/aromatic N) is 2. The van der Waals surface area contributed by atoms with Crippen LogP contribution in [0.3, 0.4) is 0 Å². The molecule has 0 aliphatic rings. The minimum absolute atomic E-state index is 0. The van der Waals surface area contributed by atoms with Gasteiger partial charge in [0.15, 0.2) is 0 Å². The standard InChI is InChI=1S/C13H13N.C12H10BrN.CH4/c1-10-8-13(14-9-11(10)2)12-6-4-3-5-7-12;1-9-7-12(14-8-11(9)13)10-5-3-2-4-6-10;/h3-9H,1-2H3;2-8H,1H3;1H4/i2D3;;. The molecule has 2 heterocycles. The van der Waals surface area contributed by atoms with Gasteiger partial charge in [-0.25, -0.2) is 0 Å². The largest absolute Gasteiger partial charge is 0.256 e. The molecule has 0 aliphatic heterocycles. The van der Waals surface area contributed by atoms with Gasteiger partial charge in [-0.05, 0) is 65.5 Å². The van der Waals surface area contributed by atoms with E-state index in [1.54, 1.807) is 6.92 Å². The number of aryl methyl sites for hydroxylation is 3. The zero-order valence-electron chi connectivity index (χ0n) is 18.9. The first-order chi connectivity index (χ1) is 14.8. The van der Waals surface area contributed by atoms with Crippen molar-refractivity contribution in [3.63, 3.8) is 0 Å². The molecule has 2 nitrogen and oxygen atoms in total. The van der Waals surface area contributed by atoms with Gasteiger partial charge in [0.2, 0.25) is 0 Å². The van der Waals surface area contributed by atoms with E-state index in [9.17, 15) is 0 Å². The van der Waals surface area contributed by atoms with Crippen LogP contribution >= 0.6 is 15.9 Å². The molecule has 4 rings (SSSR count). The number of aromatic nitrogens is 2. The maximum atomic E-state index is 7.38. The lowest BCUT2D eigenvalue weighted by Crippen LogP contribution is -1.87. The number of halogens is 1. The van der Waals surface area contributed by atoms with Gasteiger partial charge < -0.3 is 0 Å². The van der Waals surface area contributed by atoms with Gasteiger partial charge in [0.25, 0.3) is 0 Å². The number of benzene rings is 2. The maximum absolute atomic E-state index is 7.38. The fourth-order valence-corrected chi connectivity index (χ4v) is 2.85. The van der Waals surface area contributed by atoms with Gasteiger partial charge >= 0.3 is 0 Å². The van der Waals surface area contributed by atoms with Gasteiger partial charge in [0, 0.05) is 32.1 Å². The fraction of sp³-hybridized carbons (Fsp3) is 0.154. The molecule has 0 atom stereocenters. The predicted octanol–water partition coefficient (Wildman–Crippen LogP) is 7.82. The molecule has 148 valence electrons. The van der Waals surface area contributed by atoms with Gasteiger partial charge in [0.1, 0.15) is 0 Å². The molecule has 0 aliphatic carbocycles. The molecule has 2 aromatic heterocycles. The highest BCUT2D eigenvalue weighted by molar-refractivity contribution is 9.10. The zero-order valence-corrected chi connectivity index (χ0v) is 17.4. The second-order valence-electron chi connectivity index (χ2n) is 6.44. The summed E-state index contributed by atoms with van der Waals surface area (Å²) in [6.07, 6.45) is 3.29. The van der Waals surface area contributed by atoms with Crippen molar-refractivity contribution in [1.29, 1.82) is 0 Å². The second-order valence-corrected chi connectivity index (χ2v) is 7.29. The van der Waals surface area contributed by atoms with E-state index in [0.29, 0.717) is 5.56 Å². The van der Waals surface area contributed by atoms with Crippen LogP contribution in [0, 0.1) is 20.7 Å². The minimum Gasteiger partial charge on any atom is -0.256 e. The van der Waals surface area contributed by atoms with Gasteiger partial charge in [-0.15, -0.1) is 0 Å². The second kappa shape index (κ2) is 10.7. The van der Waals surface area contributed by atoms with Gasteiger partial charge in [-0.3, -0.25) is 9.97 Å². The molecule has 2 aromatic carbocycles. The third-order valence-electron chi connectivity index (χ3n) is 4.30. The molecule has 4 aromatic rings. The van der Waals surface area contributed by atoms with Crippen molar-refractivity contribution in [2.75, 3.05) is 0 Å². The molecular formula is C26H27BrN2. The Balaban J connectivity index is 0.000000224. The molecular weight excluding hydrogens is 420 g/mol. The van der Waals surface area contributed by atoms with Crippen LogP contribution in [-0.2, 0) is 0 Å². The van der Waals surface area contributed by atoms with Crippen LogP contribution in [0.4, 0.5) is 0 Å². The molecule has 0 fully saturated rings. The highest BCUT2D eigenvalue weighted by atomic mass is 79.9. The molecule has 0 bridgehead atoms. The zero-order chi connectivity index (χ0) is 22.4. The first-order valence-electron chi connectivity index (χ1n) is 10.5. The Morgan fingerprint density at radius 2 is 1.17 bits per heavy atom. The first-order valence-corrected chi connectivity index (χ1v) is 9.75. The lowest BCUT2D eigenvalue weighted by molar-refractivity contribution is 1.22. The number of rotatable bonds is 2. The predicted molar refractivity (Wildman–Crippen MR) is 128 cm³/mol. The monoisotopic (exact) mass is 449 g/mol. The Hall–Kier alpha value is -2.78. The number of hydrogen-bond donors (Lipinski definition) is 0. The van der Waals surface area contributed by atoms with Crippen molar-refractivity contribution in [2.45, 2.75) is 28.1 Å². The minimum atomic E-state index is -2.09. The molecule has 0 spiro atoms. The topological polar surface area (TPSA) is 25.8 Å². The van der Waals surface area contributed by atoms with Gasteiger partial charge in [0.05, 0.1) is 11.4 Å². The first kappa shape index (κ1) is 18.3. The Labute approximate surface area is 187 Å². The fourth-order valence-electron chi connectivity index (χ4n) is 2.63. The Morgan fingerprint density at radius 3 is 1.62 bits per heavy atom. The summed E-state index contributed by atoms with van der Waals surface area (Å²) in [6, 6.07) is 23.8. The molecule has 0 saturated heterocycles. The Bertz CT molecular complexity index is 1140. The summed E-state index contributed by atoms with van der Waals surface area (Å²) < 4.78 is 23.2. The van der Waals surface area contributed by atoms with E-state index >= 15 is 0 Å². The van der Waals surface area contributed by atoms with E-state index in [2.05, 4.69) is 51.0 Å². The van der Waals surface area contributed by atoms with E-state index in [0.717, 1.165) is 32.6 Å². The van der Waals surface area contributed by atoms with Crippen LogP contribution in [0.15, 0.2) is 89.7 Å². The van der Waals surface area contributed by atoms with E-state index < -0.39 is 6.85 Å². The SMILES string of the molecule is C.Cc1cc(-c2ccccc2)ncc1Br.[2H]C([2H])([2H])c1cnc(-c2ccccc2)cc1C. The molecule has 3 heteroatoms. The summed E-state index contributed by atoms with van der Waals surface area (Å²) in [5.41, 5.74) is 6.24. The lowest BCUT2D eigenvalue weighted by Gasteiger charge is -2.03. The van der Waals surface area contributed by atoms with Crippen LogP contribution < -0.4 is 0 Å². The summed E-state index contributed by atoms with van der Waals surface area (Å²) in [5, 5.41) is 0. The van der Waals surface area contributed by atoms with E-state index in [4.69, 9.17) is 4.11 Å². The Kier molecular flexibility index (Phi) is 6.72. The summed E-state index contributed by atoms with van der Waals surface area (Å²) in [5.74, 6) is 0. The van der Waals surface area contributed by atoms with Crippen molar-refractivity contribution in [3.05, 3.63) is 106 Å². The third-order valence-corrected chi connectivity index (χ3v) is 5.13. The van der Waals surface area contributed by atoms with E-state index in [-0.39, 0.29) is 7.43 Å². The smallest absolute Gasteiger partial charge is 0.0705 e. The Morgan fingerprint density at radius 1 is 0.690 bits per heavy atom. The van der Waals surface area contributed by atoms with Crippen LogP contribution in [0.25, 0.3) is 22.5 Å². The van der Waals surface area contributed by atoms with Crippen molar-refractivity contribution in [3.8, 4) is 22.5 Å². The summed E-state index contributed by atoms with van der Waals surface area (Å²) >= 11 is 3.44. The number of hydrogen-bond acceptors (Lipinski definition) is 2. The summed E-state index contributed by atoms with van der Waals surface area (Å²) in [7, 11) is 0. The van der Waals surface area contributed by atoms with Crippen molar-refractivity contribution in [2.24, 2.45) is 0 Å². The molecule has 0 radical (unpaired) electrons. The van der Waals surface area contributed by atoms with Gasteiger partial charge in [-0.1, -0.05) is 68.1 Å². The molecule has 0 unspecified atom stereocenters. The maximum Gasteiger partial charge on any atom is 0.0705 e. The molecule has 0 amide bonds. The average Bonchev–Trinajstić information content (AvgIpc) is 2.76. The summed E-state index contributed by atoms with van der Waals surface area (Å²) in [6.45, 7) is 1.78. The van der Waals surface area contributed by atoms with Crippen LogP contribution in [-0.4, -0.2) is 9.97 Å². The molecule has 0 N–H and O–H groups in total. The number of pyridine rings is 2. The average molecular weight is 450 g/mol. The molecule has 0 saturated carbocycles. The van der Waals surface area contributed by atoms with Gasteiger partial charge in [-0.2, -0.15) is 0 Å². The molecule has 29 heavy (non-hydrogen) atoms. The van der Waals surface area contributed by atoms with E-state index in [1.807, 2.05) is 60.8 Å². The van der Waals surface area contributed by atoms with Crippen LogP contribution in [0.5, 0.6) is 0 Å². The van der Waals surface area contributed by atoms with E-state index in [1.165, 1.54) is 11.8 Å². The quantitative estimate of drug-likeness (QED) is 0.311.